The second kappa shape index (κ2) is 4.34. The summed E-state index contributed by atoms with van der Waals surface area (Å²) in [7, 11) is 0. The highest BCUT2D eigenvalue weighted by Crippen LogP contribution is 2.27. The third-order valence-electron chi connectivity index (χ3n) is 3.56. The van der Waals surface area contributed by atoms with Gasteiger partial charge in [-0.1, -0.05) is 0 Å². The van der Waals surface area contributed by atoms with Gasteiger partial charge in [0, 0.05) is 25.0 Å². The molecule has 0 aromatic heterocycles. The predicted octanol–water partition coefficient (Wildman–Crippen LogP) is 0.751. The van der Waals surface area contributed by atoms with E-state index in [4.69, 9.17) is 10.5 Å². The summed E-state index contributed by atoms with van der Waals surface area (Å²) in [6.07, 6.45) is 2.80. The molecule has 1 amide bonds. The normalized spacial score (nSPS) is 34.1. The zero-order chi connectivity index (χ0) is 11.8. The predicted molar refractivity (Wildman–Crippen MR) is 61.9 cm³/mol. The summed E-state index contributed by atoms with van der Waals surface area (Å²) in [4.78, 5) is 14.2. The summed E-state index contributed by atoms with van der Waals surface area (Å²) < 4.78 is 5.61. The van der Waals surface area contributed by atoms with Crippen LogP contribution in [0.2, 0.25) is 0 Å². The van der Waals surface area contributed by atoms with Gasteiger partial charge in [0.2, 0.25) is 5.91 Å². The number of nitrogens with two attached hydrogens (primary N) is 1. The first-order valence-corrected chi connectivity index (χ1v) is 6.16. The third kappa shape index (κ3) is 2.55. The number of morpholine rings is 1. The molecule has 4 heteroatoms. The van der Waals surface area contributed by atoms with Gasteiger partial charge in [-0.15, -0.1) is 0 Å². The Bertz CT molecular complexity index is 278. The number of rotatable bonds is 1. The monoisotopic (exact) mass is 226 g/mol. The highest BCUT2D eigenvalue weighted by atomic mass is 16.5. The van der Waals surface area contributed by atoms with E-state index in [1.807, 2.05) is 18.7 Å². The Kier molecular flexibility index (Phi) is 3.22. The maximum absolute atomic E-state index is 12.2. The molecule has 2 aliphatic rings. The van der Waals surface area contributed by atoms with Gasteiger partial charge in [-0.25, -0.2) is 0 Å². The van der Waals surface area contributed by atoms with Crippen molar-refractivity contribution in [2.45, 2.75) is 44.8 Å². The van der Waals surface area contributed by atoms with Crippen molar-refractivity contribution in [2.75, 3.05) is 19.7 Å². The molecule has 0 aromatic rings. The lowest BCUT2D eigenvalue weighted by Gasteiger charge is -2.39. The van der Waals surface area contributed by atoms with Crippen molar-refractivity contribution in [3.8, 4) is 0 Å². The van der Waals surface area contributed by atoms with Crippen molar-refractivity contribution >= 4 is 5.91 Å². The third-order valence-corrected chi connectivity index (χ3v) is 3.56. The quantitative estimate of drug-likeness (QED) is 0.718. The Morgan fingerprint density at radius 2 is 2.19 bits per heavy atom. The first kappa shape index (κ1) is 11.9. The molecule has 0 radical (unpaired) electrons. The molecule has 1 aliphatic heterocycles. The zero-order valence-electron chi connectivity index (χ0n) is 10.2. The fourth-order valence-corrected chi connectivity index (χ4v) is 2.70. The highest BCUT2D eigenvalue weighted by Gasteiger charge is 2.35. The topological polar surface area (TPSA) is 55.6 Å². The molecule has 16 heavy (non-hydrogen) atoms. The molecule has 2 atom stereocenters. The van der Waals surface area contributed by atoms with E-state index in [1.54, 1.807) is 0 Å². The SMILES string of the molecule is CC1(C)CN(C(=O)C2CCC(N)C2)CCO1. The van der Waals surface area contributed by atoms with Gasteiger partial charge in [0.05, 0.1) is 12.2 Å². The number of carbonyl (C=O) groups is 1. The summed E-state index contributed by atoms with van der Waals surface area (Å²) in [5, 5.41) is 0. The molecule has 0 bridgehead atoms. The van der Waals surface area contributed by atoms with E-state index in [0.29, 0.717) is 13.2 Å². The fraction of sp³-hybridized carbons (Fsp3) is 0.917. The number of hydrogen-bond donors (Lipinski definition) is 1. The van der Waals surface area contributed by atoms with Crippen molar-refractivity contribution in [1.29, 1.82) is 0 Å². The fourth-order valence-electron chi connectivity index (χ4n) is 2.70. The lowest BCUT2D eigenvalue weighted by molar-refractivity contribution is -0.149. The molecule has 2 N–H and O–H groups in total. The lowest BCUT2D eigenvalue weighted by Crippen LogP contribution is -2.52. The molecule has 0 spiro atoms. The Morgan fingerprint density at radius 3 is 2.75 bits per heavy atom. The first-order valence-electron chi connectivity index (χ1n) is 6.16. The van der Waals surface area contributed by atoms with Crippen LogP contribution in [0.4, 0.5) is 0 Å². The van der Waals surface area contributed by atoms with Crippen LogP contribution >= 0.6 is 0 Å². The van der Waals surface area contributed by atoms with Gasteiger partial charge >= 0.3 is 0 Å². The van der Waals surface area contributed by atoms with Crippen LogP contribution in [0.3, 0.4) is 0 Å². The van der Waals surface area contributed by atoms with E-state index in [-0.39, 0.29) is 23.5 Å². The molecule has 0 aromatic carbocycles. The summed E-state index contributed by atoms with van der Waals surface area (Å²) in [6, 6.07) is 0.225. The van der Waals surface area contributed by atoms with Gasteiger partial charge in [0.15, 0.2) is 0 Å². The van der Waals surface area contributed by atoms with Crippen molar-refractivity contribution < 1.29 is 9.53 Å². The average Bonchev–Trinajstić information content (AvgIpc) is 2.62. The standard InChI is InChI=1S/C12H22N2O2/c1-12(2)8-14(5-6-16-12)11(15)9-3-4-10(13)7-9/h9-10H,3-8,13H2,1-2H3. The first-order chi connectivity index (χ1) is 7.48. The van der Waals surface area contributed by atoms with Crippen LogP contribution in [0.15, 0.2) is 0 Å². The number of ether oxygens (including phenoxy) is 1. The molecular weight excluding hydrogens is 204 g/mol. The molecule has 4 nitrogen and oxygen atoms in total. The van der Waals surface area contributed by atoms with Crippen molar-refractivity contribution in [2.24, 2.45) is 11.7 Å². The van der Waals surface area contributed by atoms with Crippen molar-refractivity contribution in [1.82, 2.24) is 4.90 Å². The summed E-state index contributed by atoms with van der Waals surface area (Å²) in [5.41, 5.74) is 5.65. The van der Waals surface area contributed by atoms with Crippen LogP contribution < -0.4 is 5.73 Å². The molecule has 2 fully saturated rings. The Balaban J connectivity index is 1.94. The van der Waals surface area contributed by atoms with Gasteiger partial charge in [0.25, 0.3) is 0 Å². The minimum Gasteiger partial charge on any atom is -0.372 e. The van der Waals surface area contributed by atoms with Crippen molar-refractivity contribution in [3.63, 3.8) is 0 Å². The largest absolute Gasteiger partial charge is 0.372 e. The molecule has 2 rings (SSSR count). The minimum absolute atomic E-state index is 0.156. The van der Waals surface area contributed by atoms with Gasteiger partial charge in [-0.2, -0.15) is 0 Å². The maximum atomic E-state index is 12.2. The van der Waals surface area contributed by atoms with Gasteiger partial charge in [0.1, 0.15) is 0 Å². The molecule has 1 saturated heterocycles. The molecule has 1 aliphatic carbocycles. The van der Waals surface area contributed by atoms with Gasteiger partial charge < -0.3 is 15.4 Å². The van der Waals surface area contributed by atoms with Crippen LogP contribution in [-0.4, -0.2) is 42.1 Å². The summed E-state index contributed by atoms with van der Waals surface area (Å²) >= 11 is 0. The molecular formula is C12H22N2O2. The zero-order valence-corrected chi connectivity index (χ0v) is 10.2. The minimum atomic E-state index is -0.200. The second-order valence-electron chi connectivity index (χ2n) is 5.64. The van der Waals surface area contributed by atoms with Crippen LogP contribution in [0, 0.1) is 5.92 Å². The Labute approximate surface area is 97.1 Å². The lowest BCUT2D eigenvalue weighted by atomic mass is 10.0. The van der Waals surface area contributed by atoms with Crippen LogP contribution in [0.1, 0.15) is 33.1 Å². The number of amides is 1. The summed E-state index contributed by atoms with van der Waals surface area (Å²) in [5.74, 6) is 0.438. The van der Waals surface area contributed by atoms with Crippen LogP contribution in [0.5, 0.6) is 0 Å². The van der Waals surface area contributed by atoms with E-state index in [1.165, 1.54) is 0 Å². The smallest absolute Gasteiger partial charge is 0.225 e. The number of nitrogens with zero attached hydrogens (tertiary/aromatic N) is 1. The Morgan fingerprint density at radius 1 is 1.44 bits per heavy atom. The Hall–Kier alpha value is -0.610. The average molecular weight is 226 g/mol. The number of hydrogen-bond acceptors (Lipinski definition) is 3. The maximum Gasteiger partial charge on any atom is 0.225 e. The molecule has 1 saturated carbocycles. The van der Waals surface area contributed by atoms with Gasteiger partial charge in [-0.3, -0.25) is 4.79 Å². The second-order valence-corrected chi connectivity index (χ2v) is 5.64. The molecule has 2 unspecified atom stereocenters. The van der Waals surface area contributed by atoms with E-state index >= 15 is 0 Å². The van der Waals surface area contributed by atoms with E-state index in [2.05, 4.69) is 0 Å². The molecule has 1 heterocycles. The highest BCUT2D eigenvalue weighted by molar-refractivity contribution is 5.79. The van der Waals surface area contributed by atoms with E-state index in [9.17, 15) is 4.79 Å². The van der Waals surface area contributed by atoms with Crippen LogP contribution in [-0.2, 0) is 9.53 Å². The van der Waals surface area contributed by atoms with Crippen molar-refractivity contribution in [3.05, 3.63) is 0 Å². The van der Waals surface area contributed by atoms with E-state index in [0.717, 1.165) is 25.8 Å². The number of carbonyl (C=O) groups excluding carboxylic acids is 1. The summed E-state index contributed by atoms with van der Waals surface area (Å²) in [6.45, 7) is 6.16. The van der Waals surface area contributed by atoms with Crippen LogP contribution in [0.25, 0.3) is 0 Å². The van der Waals surface area contributed by atoms with Gasteiger partial charge in [-0.05, 0) is 33.1 Å². The van der Waals surface area contributed by atoms with E-state index < -0.39 is 0 Å². The molecule has 92 valence electrons.